The number of likely N-dealkylation sites (N-methyl/N-ethyl adjacent to an activating group) is 1. The highest BCUT2D eigenvalue weighted by Gasteiger charge is 2.27. The molecule has 1 N–H and O–H groups in total. The second-order valence-corrected chi connectivity index (χ2v) is 28.1. The molecular weight excluding hydrogens is 1160 g/mol. The van der Waals surface area contributed by atoms with Crippen LogP contribution in [0.3, 0.4) is 0 Å². The number of allylic oxidation sites excluding steroid dienone is 20. The molecular formula is C82H145NO8P+. The van der Waals surface area contributed by atoms with Crippen molar-refractivity contribution < 1.29 is 42.1 Å². The van der Waals surface area contributed by atoms with Gasteiger partial charge >= 0.3 is 19.8 Å². The Bertz CT molecular complexity index is 1970. The summed E-state index contributed by atoms with van der Waals surface area (Å²) in [5, 5.41) is 0. The zero-order valence-electron chi connectivity index (χ0n) is 60.5. The molecule has 2 unspecified atom stereocenters. The molecule has 9 nitrogen and oxygen atoms in total. The second-order valence-electron chi connectivity index (χ2n) is 26.7. The van der Waals surface area contributed by atoms with E-state index in [-0.39, 0.29) is 32.0 Å². The number of ether oxygens (including phenoxy) is 2. The van der Waals surface area contributed by atoms with Crippen molar-refractivity contribution in [2.24, 2.45) is 0 Å². The van der Waals surface area contributed by atoms with E-state index in [4.69, 9.17) is 18.5 Å². The lowest BCUT2D eigenvalue weighted by Crippen LogP contribution is -2.37. The first-order valence-corrected chi connectivity index (χ1v) is 39.8. The summed E-state index contributed by atoms with van der Waals surface area (Å²) in [7, 11) is 1.46. The second kappa shape index (κ2) is 71.7. The maximum absolute atomic E-state index is 12.9. The molecule has 0 amide bonds. The van der Waals surface area contributed by atoms with E-state index in [0.717, 1.165) is 109 Å². The highest BCUT2D eigenvalue weighted by molar-refractivity contribution is 7.47. The van der Waals surface area contributed by atoms with Crippen LogP contribution in [0.2, 0.25) is 0 Å². The van der Waals surface area contributed by atoms with Gasteiger partial charge < -0.3 is 18.9 Å². The molecule has 0 aliphatic heterocycles. The molecule has 0 heterocycles. The van der Waals surface area contributed by atoms with Crippen molar-refractivity contribution in [3.63, 3.8) is 0 Å². The Labute approximate surface area is 568 Å². The van der Waals surface area contributed by atoms with Crippen LogP contribution >= 0.6 is 7.82 Å². The van der Waals surface area contributed by atoms with Gasteiger partial charge in [0.15, 0.2) is 6.10 Å². The van der Waals surface area contributed by atoms with Gasteiger partial charge in [-0.25, -0.2) is 4.57 Å². The van der Waals surface area contributed by atoms with E-state index in [1.165, 1.54) is 193 Å². The molecule has 0 aromatic heterocycles. The minimum atomic E-state index is -4.41. The SMILES string of the molecule is CC/C=C\C/C=C\C/C=C\C/C=C\C/C=C\C/C=C\C/C=C\C/C=C\C/C=C\C/C=C\CCCCCCC(=O)OC(COC(=O)CCCCCCCCCCCCCCCCCCCCCCCCCCCCCCCCCCC)COP(=O)(O)OCC[N+](C)(C)C. The van der Waals surface area contributed by atoms with Crippen LogP contribution in [0.4, 0.5) is 0 Å². The van der Waals surface area contributed by atoms with Crippen LogP contribution in [0, 0.1) is 0 Å². The third kappa shape index (κ3) is 75.4. The van der Waals surface area contributed by atoms with Gasteiger partial charge in [-0.05, 0) is 89.9 Å². The van der Waals surface area contributed by atoms with Gasteiger partial charge in [0.1, 0.15) is 19.8 Å². The fourth-order valence-electron chi connectivity index (χ4n) is 10.7. The summed E-state index contributed by atoms with van der Waals surface area (Å²) < 4.78 is 34.7. The number of hydrogen-bond donors (Lipinski definition) is 1. The van der Waals surface area contributed by atoms with E-state index in [1.54, 1.807) is 0 Å². The molecule has 0 spiro atoms. The molecule has 0 fully saturated rings. The van der Waals surface area contributed by atoms with Crippen molar-refractivity contribution in [1.82, 2.24) is 0 Å². The summed E-state index contributed by atoms with van der Waals surface area (Å²) in [6, 6.07) is 0. The average molecular weight is 1300 g/mol. The molecule has 0 aliphatic rings. The third-order valence-corrected chi connectivity index (χ3v) is 17.5. The van der Waals surface area contributed by atoms with E-state index in [0.29, 0.717) is 17.4 Å². The molecule has 10 heteroatoms. The Balaban J connectivity index is 4.08. The summed E-state index contributed by atoms with van der Waals surface area (Å²) in [5.74, 6) is -0.821. The first-order chi connectivity index (χ1) is 45.0. The van der Waals surface area contributed by atoms with Crippen LogP contribution in [0.5, 0.6) is 0 Å². The van der Waals surface area contributed by atoms with Crippen molar-refractivity contribution >= 4 is 19.8 Å². The van der Waals surface area contributed by atoms with Crippen molar-refractivity contribution in [2.75, 3.05) is 47.5 Å². The number of carbonyl (C=O) groups is 2. The number of esters is 2. The van der Waals surface area contributed by atoms with Gasteiger partial charge in [0.2, 0.25) is 0 Å². The van der Waals surface area contributed by atoms with Gasteiger partial charge in [-0.2, -0.15) is 0 Å². The molecule has 0 aliphatic carbocycles. The zero-order chi connectivity index (χ0) is 66.9. The quantitative estimate of drug-likeness (QED) is 0.0211. The molecule has 0 saturated heterocycles. The van der Waals surface area contributed by atoms with Crippen molar-refractivity contribution in [2.45, 2.75) is 341 Å². The Morgan fingerprint density at radius 2 is 0.620 bits per heavy atom. The maximum Gasteiger partial charge on any atom is 0.472 e. The normalized spacial score (nSPS) is 13.8. The Morgan fingerprint density at radius 3 is 0.924 bits per heavy atom. The van der Waals surface area contributed by atoms with Gasteiger partial charge in [-0.1, -0.05) is 354 Å². The monoisotopic (exact) mass is 1300 g/mol. The fourth-order valence-corrected chi connectivity index (χ4v) is 11.4. The topological polar surface area (TPSA) is 108 Å². The Hall–Kier alpha value is -3.59. The van der Waals surface area contributed by atoms with E-state index < -0.39 is 26.5 Å². The Morgan fingerprint density at radius 1 is 0.348 bits per heavy atom. The number of carbonyl (C=O) groups excluding carboxylic acids is 2. The molecule has 0 rings (SSSR count). The molecule has 2 atom stereocenters. The predicted octanol–water partition coefficient (Wildman–Crippen LogP) is 25.4. The van der Waals surface area contributed by atoms with Crippen molar-refractivity contribution in [1.29, 1.82) is 0 Å². The van der Waals surface area contributed by atoms with E-state index >= 15 is 0 Å². The lowest BCUT2D eigenvalue weighted by Gasteiger charge is -2.24. The highest BCUT2D eigenvalue weighted by atomic mass is 31.2. The van der Waals surface area contributed by atoms with Crippen LogP contribution < -0.4 is 0 Å². The van der Waals surface area contributed by atoms with Gasteiger partial charge in [0, 0.05) is 12.8 Å². The lowest BCUT2D eigenvalue weighted by atomic mass is 10.0. The molecule has 0 radical (unpaired) electrons. The largest absolute Gasteiger partial charge is 0.472 e. The number of hydrogen-bond acceptors (Lipinski definition) is 7. The van der Waals surface area contributed by atoms with Crippen LogP contribution in [-0.4, -0.2) is 74.9 Å². The zero-order valence-corrected chi connectivity index (χ0v) is 61.4. The minimum Gasteiger partial charge on any atom is -0.462 e. The average Bonchev–Trinajstić information content (AvgIpc) is 2.14. The molecule has 92 heavy (non-hydrogen) atoms. The lowest BCUT2D eigenvalue weighted by molar-refractivity contribution is -0.870. The van der Waals surface area contributed by atoms with Crippen molar-refractivity contribution in [3.05, 3.63) is 122 Å². The van der Waals surface area contributed by atoms with E-state index in [9.17, 15) is 19.0 Å². The van der Waals surface area contributed by atoms with Crippen LogP contribution in [0.15, 0.2) is 122 Å². The molecule has 530 valence electrons. The summed E-state index contributed by atoms with van der Waals surface area (Å²) >= 11 is 0. The molecule has 0 aromatic rings. The fraction of sp³-hybridized carbons (Fsp3) is 0.732. The number of phosphoric acid groups is 1. The first kappa shape index (κ1) is 88.4. The van der Waals surface area contributed by atoms with E-state index in [1.807, 2.05) is 21.1 Å². The van der Waals surface area contributed by atoms with Crippen LogP contribution in [-0.2, 0) is 32.7 Å². The van der Waals surface area contributed by atoms with Crippen LogP contribution in [0.25, 0.3) is 0 Å². The number of nitrogens with zero attached hydrogens (tertiary/aromatic N) is 1. The third-order valence-electron chi connectivity index (χ3n) is 16.5. The summed E-state index contributed by atoms with van der Waals surface area (Å²) in [5.41, 5.74) is 0. The number of rotatable bonds is 70. The van der Waals surface area contributed by atoms with Gasteiger partial charge in [0.05, 0.1) is 27.7 Å². The highest BCUT2D eigenvalue weighted by Crippen LogP contribution is 2.43. The summed E-state index contributed by atoms with van der Waals surface area (Å²) in [4.78, 5) is 35.9. The Kier molecular flexibility index (Phi) is 68.9. The summed E-state index contributed by atoms with van der Waals surface area (Å²) in [6.07, 6.45) is 103. The number of quaternary nitrogens is 1. The van der Waals surface area contributed by atoms with Crippen molar-refractivity contribution in [3.8, 4) is 0 Å². The van der Waals surface area contributed by atoms with E-state index in [2.05, 4.69) is 135 Å². The summed E-state index contributed by atoms with van der Waals surface area (Å²) in [6.45, 7) is 4.32. The smallest absolute Gasteiger partial charge is 0.462 e. The number of phosphoric ester groups is 1. The van der Waals surface area contributed by atoms with Gasteiger partial charge in [-0.3, -0.25) is 18.6 Å². The predicted molar refractivity (Wildman–Crippen MR) is 399 cm³/mol. The van der Waals surface area contributed by atoms with Gasteiger partial charge in [-0.15, -0.1) is 0 Å². The molecule has 0 bridgehead atoms. The van der Waals surface area contributed by atoms with Gasteiger partial charge in [0.25, 0.3) is 0 Å². The maximum atomic E-state index is 12.9. The first-order valence-electron chi connectivity index (χ1n) is 38.3. The molecule has 0 saturated carbocycles. The number of unbranched alkanes of at least 4 members (excludes halogenated alkanes) is 36. The van der Waals surface area contributed by atoms with Crippen LogP contribution in [0.1, 0.15) is 335 Å². The minimum absolute atomic E-state index is 0.0217. The standard InChI is InChI=1S/C82H144NO8P/c1-6-8-10-12-14-16-18-20-22-24-26-28-30-32-34-36-38-40-41-43-45-47-49-51-53-55-57-59-61-63-65-67-69-71-73-75-82(85)91-80(79-90-92(86,87)89-77-76-83(3,4)5)78-88-81(84)74-72-70-68-66-64-62-60-58-56-54-52-50-48-46-44-42-39-37-35-33-31-29-27-25-23-21-19-17-15-13-11-9-7-2/h8,10,14,16,20,22,26,28,32,34,38,40,43,45,49,51,55,57,61,63,80H,6-7,9,11-13,15,17-19,21,23-25,27,29-31,33,35-37,39,41-42,44,46-48,50,52-54,56,58-60,62,64-79H2,1-5H3/p+1/b10-8-,16-14-,22-20-,28-26-,34-32-,40-38-,45-43-,51-49-,57-55-,63-61-. The molecule has 0 aromatic carbocycles.